The van der Waals surface area contributed by atoms with Crippen molar-refractivity contribution in [3.05, 3.63) is 64.8 Å². The first-order valence-electron chi connectivity index (χ1n) is 9.39. The Labute approximate surface area is 169 Å². The molecule has 0 saturated carbocycles. The van der Waals surface area contributed by atoms with Crippen molar-refractivity contribution in [2.75, 3.05) is 23.8 Å². The Hall–Kier alpha value is -3.61. The molecule has 1 aliphatic heterocycles. The summed E-state index contributed by atoms with van der Waals surface area (Å²) in [5, 5.41) is 14.3. The molecule has 0 spiro atoms. The highest BCUT2D eigenvalue weighted by atomic mass is 16.6. The average molecular weight is 390 g/mol. The number of carbonyl (C=O) groups is 1. The van der Waals surface area contributed by atoms with Gasteiger partial charge in [0, 0.05) is 17.4 Å². The van der Waals surface area contributed by atoms with Crippen LogP contribution in [-0.2, 0) is 0 Å². The lowest BCUT2D eigenvalue weighted by Gasteiger charge is -2.18. The van der Waals surface area contributed by atoms with Gasteiger partial charge in [-0.1, -0.05) is 17.7 Å². The molecular formula is C22H22N4O3. The molecular weight excluding hydrogens is 368 g/mol. The summed E-state index contributed by atoms with van der Waals surface area (Å²) >= 11 is 0. The zero-order valence-electron chi connectivity index (χ0n) is 16.6. The summed E-state index contributed by atoms with van der Waals surface area (Å²) < 4.78 is 11.0. The molecule has 0 fully saturated rings. The fourth-order valence-electron chi connectivity index (χ4n) is 3.34. The topological polar surface area (TPSA) is 85.4 Å². The molecule has 0 atom stereocenters. The first kappa shape index (κ1) is 18.7. The third-order valence-corrected chi connectivity index (χ3v) is 4.63. The summed E-state index contributed by atoms with van der Waals surface area (Å²) in [6.07, 6.45) is 0. The monoisotopic (exact) mass is 390 g/mol. The fourth-order valence-corrected chi connectivity index (χ4v) is 3.34. The van der Waals surface area contributed by atoms with Crippen LogP contribution in [0.5, 0.6) is 11.5 Å². The molecule has 7 nitrogen and oxygen atoms in total. The smallest absolute Gasteiger partial charge is 0.276 e. The SMILES string of the molecule is Cc1cc(C)c(Nc2ccc(C(=O)Nc3ccc4c(c3)OCCO4)nn2)c(C)c1. The summed E-state index contributed by atoms with van der Waals surface area (Å²) in [7, 11) is 0. The predicted molar refractivity (Wildman–Crippen MR) is 111 cm³/mol. The zero-order chi connectivity index (χ0) is 20.4. The number of amides is 1. The number of fused-ring (bicyclic) bond motifs is 1. The highest BCUT2D eigenvalue weighted by Gasteiger charge is 2.14. The standard InChI is InChI=1S/C22H22N4O3/c1-13-10-14(2)21(15(3)11-13)24-20-7-5-17(25-26-20)22(27)23-16-4-6-18-19(12-16)29-9-8-28-18/h4-7,10-12H,8-9H2,1-3H3,(H,23,27)(H,24,26). The Morgan fingerprint density at radius 1 is 0.897 bits per heavy atom. The molecule has 7 heteroatoms. The van der Waals surface area contributed by atoms with Crippen LogP contribution in [0, 0.1) is 20.8 Å². The molecule has 1 aliphatic rings. The van der Waals surface area contributed by atoms with Crippen LogP contribution in [0.4, 0.5) is 17.2 Å². The number of aromatic nitrogens is 2. The first-order valence-corrected chi connectivity index (χ1v) is 9.39. The lowest BCUT2D eigenvalue weighted by Crippen LogP contribution is -2.17. The maximum Gasteiger partial charge on any atom is 0.276 e. The van der Waals surface area contributed by atoms with E-state index in [0.717, 1.165) is 16.8 Å². The molecule has 2 heterocycles. The van der Waals surface area contributed by atoms with Gasteiger partial charge in [0.05, 0.1) is 0 Å². The van der Waals surface area contributed by atoms with Gasteiger partial charge in [-0.3, -0.25) is 4.79 Å². The van der Waals surface area contributed by atoms with E-state index in [4.69, 9.17) is 9.47 Å². The Kier molecular flexibility index (Phi) is 5.03. The Balaban J connectivity index is 1.46. The lowest BCUT2D eigenvalue weighted by atomic mass is 10.1. The second-order valence-corrected chi connectivity index (χ2v) is 7.02. The van der Waals surface area contributed by atoms with E-state index in [1.807, 2.05) is 13.8 Å². The predicted octanol–water partition coefficient (Wildman–Crippen LogP) is 4.17. The molecule has 1 amide bonds. The van der Waals surface area contributed by atoms with Crippen molar-refractivity contribution < 1.29 is 14.3 Å². The summed E-state index contributed by atoms with van der Waals surface area (Å²) in [5.74, 6) is 1.52. The molecule has 0 radical (unpaired) electrons. The van der Waals surface area contributed by atoms with E-state index in [2.05, 4.69) is 39.9 Å². The molecule has 1 aromatic heterocycles. The van der Waals surface area contributed by atoms with Gasteiger partial charge >= 0.3 is 0 Å². The number of aryl methyl sites for hydroxylation is 3. The van der Waals surface area contributed by atoms with E-state index in [9.17, 15) is 4.79 Å². The highest BCUT2D eigenvalue weighted by molar-refractivity contribution is 6.03. The van der Waals surface area contributed by atoms with E-state index >= 15 is 0 Å². The van der Waals surface area contributed by atoms with Crippen molar-refractivity contribution in [2.45, 2.75) is 20.8 Å². The first-order chi connectivity index (χ1) is 14.0. The van der Waals surface area contributed by atoms with Gasteiger partial charge in [-0.05, 0) is 56.2 Å². The van der Waals surface area contributed by atoms with Crippen molar-refractivity contribution in [1.82, 2.24) is 10.2 Å². The van der Waals surface area contributed by atoms with Crippen LogP contribution >= 0.6 is 0 Å². The molecule has 2 N–H and O–H groups in total. The van der Waals surface area contributed by atoms with Crippen LogP contribution < -0.4 is 20.1 Å². The van der Waals surface area contributed by atoms with Gasteiger partial charge in [0.25, 0.3) is 5.91 Å². The molecule has 4 rings (SSSR count). The zero-order valence-corrected chi connectivity index (χ0v) is 16.6. The van der Waals surface area contributed by atoms with Crippen LogP contribution in [0.25, 0.3) is 0 Å². The minimum atomic E-state index is -0.344. The van der Waals surface area contributed by atoms with Crippen LogP contribution in [0.1, 0.15) is 27.2 Å². The Morgan fingerprint density at radius 2 is 1.62 bits per heavy atom. The van der Waals surface area contributed by atoms with Gasteiger partial charge in [0.2, 0.25) is 0 Å². The van der Waals surface area contributed by atoms with Crippen molar-refractivity contribution in [3.8, 4) is 11.5 Å². The van der Waals surface area contributed by atoms with Gasteiger partial charge in [-0.15, -0.1) is 10.2 Å². The largest absolute Gasteiger partial charge is 0.486 e. The number of hydrogen-bond acceptors (Lipinski definition) is 6. The van der Waals surface area contributed by atoms with Crippen molar-refractivity contribution >= 4 is 23.1 Å². The number of hydrogen-bond donors (Lipinski definition) is 2. The lowest BCUT2D eigenvalue weighted by molar-refractivity contribution is 0.102. The van der Waals surface area contributed by atoms with Crippen LogP contribution in [0.2, 0.25) is 0 Å². The van der Waals surface area contributed by atoms with Gasteiger partial charge in [0.1, 0.15) is 13.2 Å². The average Bonchev–Trinajstić information content (AvgIpc) is 2.71. The van der Waals surface area contributed by atoms with E-state index in [1.165, 1.54) is 5.56 Å². The molecule has 0 unspecified atom stereocenters. The minimum Gasteiger partial charge on any atom is -0.486 e. The van der Waals surface area contributed by atoms with E-state index in [0.29, 0.717) is 36.2 Å². The molecule has 148 valence electrons. The Morgan fingerprint density at radius 3 is 2.31 bits per heavy atom. The second-order valence-electron chi connectivity index (χ2n) is 7.02. The molecule has 0 saturated heterocycles. The number of benzene rings is 2. The third-order valence-electron chi connectivity index (χ3n) is 4.63. The summed E-state index contributed by atoms with van der Waals surface area (Å²) in [6, 6.07) is 12.9. The van der Waals surface area contributed by atoms with Gasteiger partial charge in [-0.2, -0.15) is 0 Å². The van der Waals surface area contributed by atoms with Gasteiger partial charge < -0.3 is 20.1 Å². The number of anilines is 3. The van der Waals surface area contributed by atoms with Crippen molar-refractivity contribution in [1.29, 1.82) is 0 Å². The van der Waals surface area contributed by atoms with Crippen LogP contribution in [-0.4, -0.2) is 29.3 Å². The summed E-state index contributed by atoms with van der Waals surface area (Å²) in [6.45, 7) is 7.18. The van der Waals surface area contributed by atoms with Crippen molar-refractivity contribution in [2.24, 2.45) is 0 Å². The molecule has 29 heavy (non-hydrogen) atoms. The maximum atomic E-state index is 12.5. The normalized spacial score (nSPS) is 12.4. The quantitative estimate of drug-likeness (QED) is 0.695. The summed E-state index contributed by atoms with van der Waals surface area (Å²) in [4.78, 5) is 12.5. The number of carbonyl (C=O) groups excluding carboxylic acids is 1. The fraction of sp³-hybridized carbons (Fsp3) is 0.227. The molecule has 2 aromatic carbocycles. The number of rotatable bonds is 4. The minimum absolute atomic E-state index is 0.225. The molecule has 3 aromatic rings. The maximum absolute atomic E-state index is 12.5. The molecule has 0 bridgehead atoms. The van der Waals surface area contributed by atoms with Gasteiger partial charge in [-0.25, -0.2) is 0 Å². The van der Waals surface area contributed by atoms with Crippen LogP contribution in [0.3, 0.4) is 0 Å². The highest BCUT2D eigenvalue weighted by Crippen LogP contribution is 2.32. The van der Waals surface area contributed by atoms with Crippen LogP contribution in [0.15, 0.2) is 42.5 Å². The second kappa shape index (κ2) is 7.79. The third kappa shape index (κ3) is 4.13. The number of nitrogens with one attached hydrogen (secondary N) is 2. The Bertz CT molecular complexity index is 1040. The van der Waals surface area contributed by atoms with E-state index in [1.54, 1.807) is 30.3 Å². The number of ether oxygens (including phenoxy) is 2. The number of nitrogens with zero attached hydrogens (tertiary/aromatic N) is 2. The van der Waals surface area contributed by atoms with Gasteiger partial charge in [0.15, 0.2) is 23.0 Å². The van der Waals surface area contributed by atoms with E-state index < -0.39 is 0 Å². The van der Waals surface area contributed by atoms with E-state index in [-0.39, 0.29) is 11.6 Å². The van der Waals surface area contributed by atoms with Crippen molar-refractivity contribution in [3.63, 3.8) is 0 Å². The summed E-state index contributed by atoms with van der Waals surface area (Å²) in [5.41, 5.74) is 5.30. The molecule has 0 aliphatic carbocycles.